The normalized spacial score (nSPS) is 11.1. The average Bonchev–Trinajstić information content (AvgIpc) is 3.11. The van der Waals surface area contributed by atoms with E-state index >= 15 is 0 Å². The zero-order valence-electron chi connectivity index (χ0n) is 16.0. The number of rotatable bonds is 5. The van der Waals surface area contributed by atoms with Crippen molar-refractivity contribution in [2.24, 2.45) is 0 Å². The first-order chi connectivity index (χ1) is 14.4. The van der Waals surface area contributed by atoms with Crippen molar-refractivity contribution >= 4 is 17.0 Å². The van der Waals surface area contributed by atoms with Crippen LogP contribution in [0.1, 0.15) is 27.4 Å². The third-order valence-corrected chi connectivity index (χ3v) is 4.64. The number of carbonyl (C=O) groups is 1. The molecule has 4 rings (SSSR count). The number of aromatic nitrogens is 1. The Labute approximate surface area is 170 Å². The second-order valence-corrected chi connectivity index (χ2v) is 6.99. The molecule has 7 heteroatoms. The number of fused-ring (bicyclic) bond motifs is 1. The van der Waals surface area contributed by atoms with Gasteiger partial charge in [0.1, 0.15) is 23.0 Å². The first kappa shape index (κ1) is 19.7. The van der Waals surface area contributed by atoms with Crippen LogP contribution in [-0.4, -0.2) is 15.8 Å². The average molecular weight is 410 g/mol. The molecule has 30 heavy (non-hydrogen) atoms. The predicted octanol–water partition coefficient (Wildman–Crippen LogP) is 5.40. The molecule has 0 atom stereocenters. The Morgan fingerprint density at radius 3 is 2.57 bits per heavy atom. The quantitative estimate of drug-likeness (QED) is 0.443. The van der Waals surface area contributed by atoms with E-state index < -0.39 is 23.4 Å². The summed E-state index contributed by atoms with van der Waals surface area (Å²) in [4.78, 5) is 18.7. The molecule has 152 valence electrons. The van der Waals surface area contributed by atoms with E-state index in [-0.39, 0.29) is 30.1 Å². The van der Waals surface area contributed by atoms with Gasteiger partial charge in [0.15, 0.2) is 5.58 Å². The van der Waals surface area contributed by atoms with E-state index in [9.17, 15) is 18.0 Å². The van der Waals surface area contributed by atoms with E-state index in [1.807, 2.05) is 19.1 Å². The number of oxazole rings is 1. The number of benzene rings is 3. The van der Waals surface area contributed by atoms with Crippen molar-refractivity contribution in [2.45, 2.75) is 20.0 Å². The first-order valence-electron chi connectivity index (χ1n) is 9.24. The van der Waals surface area contributed by atoms with Crippen LogP contribution >= 0.6 is 0 Å². The van der Waals surface area contributed by atoms with Gasteiger partial charge in [-0.1, -0.05) is 12.1 Å². The third-order valence-electron chi connectivity index (χ3n) is 4.64. The Bertz CT molecular complexity index is 1240. The molecule has 1 aromatic heterocycles. The topological polar surface area (TPSA) is 46.3 Å². The minimum absolute atomic E-state index is 0.00768. The van der Waals surface area contributed by atoms with Gasteiger partial charge in [0.25, 0.3) is 5.91 Å². The summed E-state index contributed by atoms with van der Waals surface area (Å²) in [5, 5.41) is 0. The van der Waals surface area contributed by atoms with E-state index in [0.29, 0.717) is 11.1 Å². The number of aryl methyl sites for hydroxylation is 1. The molecule has 4 nitrogen and oxygen atoms in total. The van der Waals surface area contributed by atoms with Crippen LogP contribution < -0.4 is 0 Å². The Kier molecular flexibility index (Phi) is 5.27. The molecule has 0 fully saturated rings. The maximum absolute atomic E-state index is 14.2. The van der Waals surface area contributed by atoms with Crippen LogP contribution in [-0.2, 0) is 13.1 Å². The molecule has 0 N–H and O–H groups in total. The standard InChI is InChI=1S/C23H17F3N2O2/c1-14-5-8-21-20(9-14)27-22(30-21)13-28(12-16-11-18(25)6-7-19(16)26)23(29)15-3-2-4-17(24)10-15/h2-11H,12-13H2,1H3. The lowest BCUT2D eigenvalue weighted by Gasteiger charge is -2.22. The van der Waals surface area contributed by atoms with Crippen LogP contribution in [0.5, 0.6) is 0 Å². The van der Waals surface area contributed by atoms with Crippen LogP contribution in [0.2, 0.25) is 0 Å². The second kappa shape index (κ2) is 8.02. The van der Waals surface area contributed by atoms with Gasteiger partial charge < -0.3 is 9.32 Å². The van der Waals surface area contributed by atoms with Crippen molar-refractivity contribution in [3.63, 3.8) is 0 Å². The smallest absolute Gasteiger partial charge is 0.254 e. The number of hydrogen-bond donors (Lipinski definition) is 0. The lowest BCUT2D eigenvalue weighted by atomic mass is 10.1. The van der Waals surface area contributed by atoms with Gasteiger partial charge in [-0.3, -0.25) is 4.79 Å². The minimum atomic E-state index is -0.651. The Hall–Kier alpha value is -3.61. The molecule has 0 aliphatic heterocycles. The fourth-order valence-electron chi connectivity index (χ4n) is 3.19. The molecular formula is C23H17F3N2O2. The Balaban J connectivity index is 1.69. The van der Waals surface area contributed by atoms with Gasteiger partial charge in [0.2, 0.25) is 5.89 Å². The number of nitrogens with zero attached hydrogens (tertiary/aromatic N) is 2. The highest BCUT2D eigenvalue weighted by atomic mass is 19.1. The molecule has 0 bridgehead atoms. The van der Waals surface area contributed by atoms with Crippen LogP contribution in [0.4, 0.5) is 13.2 Å². The minimum Gasteiger partial charge on any atom is -0.439 e. The first-order valence-corrected chi connectivity index (χ1v) is 9.24. The maximum Gasteiger partial charge on any atom is 0.254 e. The molecule has 0 radical (unpaired) electrons. The van der Waals surface area contributed by atoms with Crippen LogP contribution in [0.25, 0.3) is 11.1 Å². The van der Waals surface area contributed by atoms with E-state index in [1.54, 1.807) is 6.07 Å². The van der Waals surface area contributed by atoms with Crippen molar-refractivity contribution in [3.8, 4) is 0 Å². The molecule has 4 aromatic rings. The highest BCUT2D eigenvalue weighted by Crippen LogP contribution is 2.21. The zero-order chi connectivity index (χ0) is 21.3. The fourth-order valence-corrected chi connectivity index (χ4v) is 3.19. The molecule has 0 aliphatic rings. The van der Waals surface area contributed by atoms with Gasteiger partial charge >= 0.3 is 0 Å². The summed E-state index contributed by atoms with van der Waals surface area (Å²) in [6.07, 6.45) is 0. The van der Waals surface area contributed by atoms with Crippen molar-refractivity contribution in [1.82, 2.24) is 9.88 Å². The number of halogens is 3. The summed E-state index contributed by atoms with van der Waals surface area (Å²) in [5.74, 6) is -2.17. The van der Waals surface area contributed by atoms with E-state index in [2.05, 4.69) is 4.98 Å². The van der Waals surface area contributed by atoms with Gasteiger partial charge in [0.05, 0.1) is 6.54 Å². The highest BCUT2D eigenvalue weighted by Gasteiger charge is 2.21. The summed E-state index contributed by atoms with van der Waals surface area (Å²) >= 11 is 0. The van der Waals surface area contributed by atoms with Crippen molar-refractivity contribution in [1.29, 1.82) is 0 Å². The molecule has 3 aromatic carbocycles. The summed E-state index contributed by atoms with van der Waals surface area (Å²) < 4.78 is 47.2. The van der Waals surface area contributed by atoms with E-state index in [0.717, 1.165) is 29.8 Å². The van der Waals surface area contributed by atoms with Crippen LogP contribution in [0.15, 0.2) is 65.1 Å². The van der Waals surface area contributed by atoms with Crippen molar-refractivity contribution in [3.05, 3.63) is 101 Å². The third kappa shape index (κ3) is 4.20. The number of carbonyl (C=O) groups excluding carboxylic acids is 1. The van der Waals surface area contributed by atoms with Crippen LogP contribution in [0.3, 0.4) is 0 Å². The Morgan fingerprint density at radius 1 is 0.967 bits per heavy atom. The maximum atomic E-state index is 14.2. The Morgan fingerprint density at radius 2 is 1.77 bits per heavy atom. The number of amides is 1. The number of hydrogen-bond acceptors (Lipinski definition) is 3. The largest absolute Gasteiger partial charge is 0.439 e. The van der Waals surface area contributed by atoms with E-state index in [1.165, 1.54) is 23.1 Å². The molecule has 0 spiro atoms. The summed E-state index contributed by atoms with van der Waals surface area (Å²) in [7, 11) is 0. The summed E-state index contributed by atoms with van der Waals surface area (Å²) in [6.45, 7) is 1.58. The molecule has 1 amide bonds. The van der Waals surface area contributed by atoms with Crippen LogP contribution in [0, 0.1) is 24.4 Å². The molecular weight excluding hydrogens is 393 g/mol. The van der Waals surface area contributed by atoms with Gasteiger partial charge in [-0.15, -0.1) is 0 Å². The molecule has 0 unspecified atom stereocenters. The van der Waals surface area contributed by atoms with Gasteiger partial charge in [-0.2, -0.15) is 0 Å². The van der Waals surface area contributed by atoms with Crippen molar-refractivity contribution in [2.75, 3.05) is 0 Å². The van der Waals surface area contributed by atoms with Gasteiger partial charge in [0, 0.05) is 17.7 Å². The van der Waals surface area contributed by atoms with Crippen molar-refractivity contribution < 1.29 is 22.4 Å². The summed E-state index contributed by atoms with van der Waals surface area (Å²) in [6, 6.07) is 13.7. The molecule has 0 saturated carbocycles. The lowest BCUT2D eigenvalue weighted by Crippen LogP contribution is -2.30. The SMILES string of the molecule is Cc1ccc2oc(CN(Cc3cc(F)ccc3F)C(=O)c3cccc(F)c3)nc2c1. The second-order valence-electron chi connectivity index (χ2n) is 6.99. The molecule has 0 aliphatic carbocycles. The van der Waals surface area contributed by atoms with Gasteiger partial charge in [-0.25, -0.2) is 18.2 Å². The summed E-state index contributed by atoms with van der Waals surface area (Å²) in [5.41, 5.74) is 2.24. The highest BCUT2D eigenvalue weighted by molar-refractivity contribution is 5.94. The zero-order valence-corrected chi connectivity index (χ0v) is 16.0. The molecule has 0 saturated heterocycles. The van der Waals surface area contributed by atoms with Gasteiger partial charge in [-0.05, 0) is 61.0 Å². The van der Waals surface area contributed by atoms with E-state index in [4.69, 9.17) is 4.42 Å². The molecule has 1 heterocycles. The predicted molar refractivity (Wildman–Crippen MR) is 105 cm³/mol. The monoisotopic (exact) mass is 410 g/mol. The lowest BCUT2D eigenvalue weighted by molar-refractivity contribution is 0.0713. The fraction of sp³-hybridized carbons (Fsp3) is 0.130.